The van der Waals surface area contributed by atoms with Crippen molar-refractivity contribution in [1.29, 1.82) is 0 Å². The molecule has 0 aromatic carbocycles. The molecule has 0 atom stereocenters. The molecule has 1 N–H and O–H groups in total. The van der Waals surface area contributed by atoms with Crippen LogP contribution in [-0.2, 0) is 20.6 Å². The Bertz CT molecular complexity index is 728. The lowest BCUT2D eigenvalue weighted by atomic mass is 9.81. The van der Waals surface area contributed by atoms with Crippen molar-refractivity contribution >= 4 is 23.3 Å². The zero-order valence-electron chi connectivity index (χ0n) is 16.5. The predicted octanol–water partition coefficient (Wildman–Crippen LogP) is 4.73. The van der Waals surface area contributed by atoms with Gasteiger partial charge in [0.15, 0.2) is 11.6 Å². The lowest BCUT2D eigenvalue weighted by Gasteiger charge is -2.24. The fraction of sp³-hybridized carbons (Fsp3) is 0.550. The van der Waals surface area contributed by atoms with Crippen LogP contribution in [0, 0.1) is 5.92 Å². The molecule has 29 heavy (non-hydrogen) atoms. The lowest BCUT2D eigenvalue weighted by Crippen LogP contribution is -2.30. The van der Waals surface area contributed by atoms with E-state index in [0.717, 1.165) is 18.7 Å². The monoisotopic (exact) mass is 430 g/mol. The number of ketones is 2. The van der Waals surface area contributed by atoms with Gasteiger partial charge in [0.05, 0.1) is 28.5 Å². The highest BCUT2D eigenvalue weighted by Gasteiger charge is 2.33. The van der Waals surface area contributed by atoms with Gasteiger partial charge < -0.3 is 0 Å². The van der Waals surface area contributed by atoms with Crippen molar-refractivity contribution in [2.45, 2.75) is 57.2 Å². The number of carbonyl (C=O) groups is 2. The molecule has 2 rings (SSSR count). The van der Waals surface area contributed by atoms with Crippen LogP contribution in [0.15, 0.2) is 34.6 Å². The van der Waals surface area contributed by atoms with Crippen molar-refractivity contribution < 1.29 is 27.6 Å². The van der Waals surface area contributed by atoms with Crippen molar-refractivity contribution in [1.82, 2.24) is 10.5 Å². The molecule has 0 bridgehead atoms. The van der Waals surface area contributed by atoms with Gasteiger partial charge in [0.2, 0.25) is 0 Å². The van der Waals surface area contributed by atoms with Crippen molar-refractivity contribution in [2.75, 3.05) is 12.4 Å². The van der Waals surface area contributed by atoms with Crippen molar-refractivity contribution in [3.05, 3.63) is 35.2 Å². The topological polar surface area (TPSA) is 68.3 Å². The van der Waals surface area contributed by atoms with Gasteiger partial charge in [0.25, 0.3) is 0 Å². The van der Waals surface area contributed by atoms with Crippen LogP contribution in [0.25, 0.3) is 0 Å². The van der Waals surface area contributed by atoms with E-state index in [0.29, 0.717) is 35.9 Å². The molecular formula is C20H25F3N2O3S. The maximum absolute atomic E-state index is 12.6. The van der Waals surface area contributed by atoms with Crippen molar-refractivity contribution in [2.24, 2.45) is 5.92 Å². The Morgan fingerprint density at radius 2 is 1.93 bits per heavy atom. The minimum absolute atomic E-state index is 0.0735. The number of alkyl halides is 3. The predicted molar refractivity (Wildman–Crippen MR) is 104 cm³/mol. The molecule has 0 saturated heterocycles. The van der Waals surface area contributed by atoms with Crippen molar-refractivity contribution in [3.63, 3.8) is 0 Å². The SMILES string of the molecule is CCCC(NOCC)=C1C(=O)CC(CCSc2ccc(C(F)(F)F)cn2)CC1=O. The van der Waals surface area contributed by atoms with Gasteiger partial charge in [-0.2, -0.15) is 13.2 Å². The molecule has 1 aromatic heterocycles. The summed E-state index contributed by atoms with van der Waals surface area (Å²) in [6, 6.07) is 2.34. The van der Waals surface area contributed by atoms with Crippen LogP contribution in [0.4, 0.5) is 13.2 Å². The van der Waals surface area contributed by atoms with Crippen molar-refractivity contribution in [3.8, 4) is 0 Å². The molecule has 1 aromatic rings. The summed E-state index contributed by atoms with van der Waals surface area (Å²) in [5.74, 6) is 0.136. The van der Waals surface area contributed by atoms with Crippen LogP contribution in [0.5, 0.6) is 0 Å². The molecule has 1 aliphatic rings. The second-order valence-electron chi connectivity index (χ2n) is 6.78. The van der Waals surface area contributed by atoms with Gasteiger partial charge in [-0.3, -0.25) is 19.9 Å². The van der Waals surface area contributed by atoms with E-state index in [1.54, 1.807) is 0 Å². The zero-order valence-corrected chi connectivity index (χ0v) is 17.3. The van der Waals surface area contributed by atoms with E-state index in [-0.39, 0.29) is 35.9 Å². The van der Waals surface area contributed by atoms with Gasteiger partial charge in [0, 0.05) is 19.0 Å². The highest BCUT2D eigenvalue weighted by molar-refractivity contribution is 7.99. The number of hydrogen-bond acceptors (Lipinski definition) is 6. The summed E-state index contributed by atoms with van der Waals surface area (Å²) >= 11 is 1.32. The molecule has 5 nitrogen and oxygen atoms in total. The Hall–Kier alpha value is -1.87. The van der Waals surface area contributed by atoms with E-state index >= 15 is 0 Å². The smallest absolute Gasteiger partial charge is 0.294 e. The first-order valence-corrected chi connectivity index (χ1v) is 10.6. The van der Waals surface area contributed by atoms with Gasteiger partial charge in [-0.25, -0.2) is 4.98 Å². The third-order valence-corrected chi connectivity index (χ3v) is 5.46. The minimum atomic E-state index is -4.40. The lowest BCUT2D eigenvalue weighted by molar-refractivity contribution is -0.138. The molecule has 1 heterocycles. The maximum atomic E-state index is 12.6. The molecule has 0 unspecified atom stereocenters. The van der Waals surface area contributed by atoms with E-state index in [1.807, 2.05) is 13.8 Å². The number of thioether (sulfide) groups is 1. The summed E-state index contributed by atoms with van der Waals surface area (Å²) in [6.07, 6.45) is -1.08. The van der Waals surface area contributed by atoms with Crippen LogP contribution in [0.1, 0.15) is 51.5 Å². The number of rotatable bonds is 9. The molecule has 160 valence electrons. The molecule has 0 amide bonds. The quantitative estimate of drug-likeness (QED) is 0.265. The molecule has 0 aliphatic heterocycles. The van der Waals surface area contributed by atoms with Gasteiger partial charge in [-0.15, -0.1) is 11.8 Å². The molecule has 0 spiro atoms. The normalized spacial score (nSPS) is 17.6. The highest BCUT2D eigenvalue weighted by Crippen LogP contribution is 2.32. The van der Waals surface area contributed by atoms with E-state index in [1.165, 1.54) is 17.8 Å². The average Bonchev–Trinajstić information content (AvgIpc) is 2.65. The molecule has 1 saturated carbocycles. The van der Waals surface area contributed by atoms with E-state index in [2.05, 4.69) is 10.5 Å². The first-order valence-electron chi connectivity index (χ1n) is 9.59. The second kappa shape index (κ2) is 10.8. The number of hydrogen-bond donors (Lipinski definition) is 1. The van der Waals surface area contributed by atoms with Gasteiger partial charge in [-0.1, -0.05) is 13.3 Å². The van der Waals surface area contributed by atoms with Crippen LogP contribution in [-0.4, -0.2) is 28.9 Å². The summed E-state index contributed by atoms with van der Waals surface area (Å²) < 4.78 is 37.7. The van der Waals surface area contributed by atoms with E-state index < -0.39 is 11.7 Å². The Kier molecular flexibility index (Phi) is 8.70. The number of halogens is 3. The third kappa shape index (κ3) is 6.85. The van der Waals surface area contributed by atoms with Gasteiger partial charge in [-0.05, 0) is 43.6 Å². The molecule has 0 radical (unpaired) electrons. The summed E-state index contributed by atoms with van der Waals surface area (Å²) in [7, 11) is 0. The fourth-order valence-electron chi connectivity index (χ4n) is 3.10. The first-order chi connectivity index (χ1) is 13.8. The maximum Gasteiger partial charge on any atom is 0.417 e. The van der Waals surface area contributed by atoms with Crippen LogP contribution in [0.2, 0.25) is 0 Å². The second-order valence-corrected chi connectivity index (χ2v) is 7.89. The summed E-state index contributed by atoms with van der Waals surface area (Å²) in [6.45, 7) is 4.19. The molecular weight excluding hydrogens is 405 g/mol. The summed E-state index contributed by atoms with van der Waals surface area (Å²) in [4.78, 5) is 34.1. The average molecular weight is 430 g/mol. The number of nitrogens with zero attached hydrogens (tertiary/aromatic N) is 1. The van der Waals surface area contributed by atoms with E-state index in [4.69, 9.17) is 4.84 Å². The van der Waals surface area contributed by atoms with Crippen LogP contribution < -0.4 is 5.48 Å². The van der Waals surface area contributed by atoms with Gasteiger partial charge in [0.1, 0.15) is 0 Å². The number of Topliss-reactive ketones (excluding diaryl/α,β-unsaturated/α-hetero) is 2. The summed E-state index contributed by atoms with van der Waals surface area (Å²) in [5.41, 5.74) is 2.72. The Morgan fingerprint density at radius 1 is 1.24 bits per heavy atom. The minimum Gasteiger partial charge on any atom is -0.294 e. The number of aromatic nitrogens is 1. The summed E-state index contributed by atoms with van der Waals surface area (Å²) in [5, 5.41) is 0.484. The largest absolute Gasteiger partial charge is 0.417 e. The highest BCUT2D eigenvalue weighted by atomic mass is 32.2. The zero-order chi connectivity index (χ0) is 21.4. The number of carbonyl (C=O) groups excluding carboxylic acids is 2. The van der Waals surface area contributed by atoms with Crippen LogP contribution >= 0.6 is 11.8 Å². The molecule has 1 aliphatic carbocycles. The Labute approximate surface area is 172 Å². The fourth-order valence-corrected chi connectivity index (χ4v) is 4.05. The Balaban J connectivity index is 1.91. The van der Waals surface area contributed by atoms with Gasteiger partial charge >= 0.3 is 6.18 Å². The standard InChI is InChI=1S/C20H25F3N2O3S/c1-3-5-15(25-28-4-2)19-16(26)10-13(11-17(19)27)8-9-29-18-7-6-14(12-24-18)20(21,22)23/h6-7,12-13,25H,3-5,8-11H2,1-2H3. The number of pyridine rings is 1. The number of hydroxylamine groups is 1. The number of allylic oxidation sites excluding steroid dienone is 2. The van der Waals surface area contributed by atoms with Crippen LogP contribution in [0.3, 0.4) is 0 Å². The third-order valence-electron chi connectivity index (χ3n) is 4.49. The molecule has 1 fully saturated rings. The first kappa shape index (κ1) is 23.4. The van der Waals surface area contributed by atoms with E-state index in [9.17, 15) is 22.8 Å². The number of nitrogens with one attached hydrogen (secondary N) is 1. The Morgan fingerprint density at radius 3 is 2.45 bits per heavy atom. The molecule has 9 heteroatoms.